The lowest BCUT2D eigenvalue weighted by atomic mass is 10.0. The summed E-state index contributed by atoms with van der Waals surface area (Å²) in [7, 11) is 0. The molecule has 0 radical (unpaired) electrons. The minimum absolute atomic E-state index is 0.00583. The molecule has 1 aromatic heterocycles. The van der Waals surface area contributed by atoms with Crippen LogP contribution in [0.3, 0.4) is 0 Å². The molecule has 2 aliphatic rings. The van der Waals surface area contributed by atoms with Crippen LogP contribution in [0.4, 0.5) is 5.69 Å². The van der Waals surface area contributed by atoms with Crippen molar-refractivity contribution >= 4 is 22.9 Å². The highest BCUT2D eigenvalue weighted by atomic mass is 32.1. The lowest BCUT2D eigenvalue weighted by molar-refractivity contribution is -0.114. The Kier molecular flexibility index (Phi) is 3.16. The molecule has 0 unspecified atom stereocenters. The first-order chi connectivity index (χ1) is 8.70. The lowest BCUT2D eigenvalue weighted by Crippen LogP contribution is -2.25. The van der Waals surface area contributed by atoms with Gasteiger partial charge in [0, 0.05) is 24.9 Å². The normalized spacial score (nSPS) is 20.7. The summed E-state index contributed by atoms with van der Waals surface area (Å²) in [5.74, 6) is 1.01. The van der Waals surface area contributed by atoms with Crippen LogP contribution >= 0.6 is 11.3 Å². The van der Waals surface area contributed by atoms with Gasteiger partial charge in [-0.3, -0.25) is 4.79 Å². The maximum absolute atomic E-state index is 11.1. The summed E-state index contributed by atoms with van der Waals surface area (Å²) in [6, 6.07) is 1.98. The highest BCUT2D eigenvalue weighted by Crippen LogP contribution is 2.60. The summed E-state index contributed by atoms with van der Waals surface area (Å²) >= 11 is 1.71. The van der Waals surface area contributed by atoms with E-state index in [1.807, 2.05) is 11.4 Å². The van der Waals surface area contributed by atoms with Gasteiger partial charge in [0.15, 0.2) is 0 Å². The minimum Gasteiger partial charge on any atom is -0.325 e. The summed E-state index contributed by atoms with van der Waals surface area (Å²) in [6.45, 7) is 3.58. The second-order valence-electron chi connectivity index (χ2n) is 5.68. The van der Waals surface area contributed by atoms with Crippen molar-refractivity contribution in [1.82, 2.24) is 5.32 Å². The maximum atomic E-state index is 11.1. The zero-order valence-electron chi connectivity index (χ0n) is 10.8. The molecule has 18 heavy (non-hydrogen) atoms. The van der Waals surface area contributed by atoms with E-state index in [9.17, 15) is 4.79 Å². The summed E-state index contributed by atoms with van der Waals surface area (Å²) in [6.07, 6.45) is 5.71. The Morgan fingerprint density at radius 3 is 2.89 bits per heavy atom. The number of hydrogen-bond acceptors (Lipinski definition) is 3. The van der Waals surface area contributed by atoms with E-state index in [0.29, 0.717) is 5.41 Å². The largest absolute Gasteiger partial charge is 0.325 e. The summed E-state index contributed by atoms with van der Waals surface area (Å²) in [4.78, 5) is 12.3. The number of carbonyl (C=O) groups is 1. The van der Waals surface area contributed by atoms with Crippen LogP contribution in [0.2, 0.25) is 0 Å². The van der Waals surface area contributed by atoms with Crippen LogP contribution in [0.25, 0.3) is 0 Å². The monoisotopic (exact) mass is 264 g/mol. The molecule has 3 nitrogen and oxygen atoms in total. The Labute approximate surface area is 112 Å². The number of rotatable bonds is 6. The van der Waals surface area contributed by atoms with Gasteiger partial charge in [0.2, 0.25) is 5.91 Å². The fourth-order valence-electron chi connectivity index (χ4n) is 2.79. The maximum Gasteiger partial charge on any atom is 0.221 e. The standard InChI is InChI=1S/C14H20N2OS/c1-10(17)16-12-4-7-18-13(12)8-15-9-14(5-6-14)11-2-3-11/h4,7,11,15H,2-3,5-6,8-9H2,1H3,(H,16,17). The van der Waals surface area contributed by atoms with Gasteiger partial charge in [0.1, 0.15) is 0 Å². The smallest absolute Gasteiger partial charge is 0.221 e. The molecule has 0 bridgehead atoms. The second kappa shape index (κ2) is 4.67. The van der Waals surface area contributed by atoms with Gasteiger partial charge in [-0.15, -0.1) is 11.3 Å². The van der Waals surface area contributed by atoms with E-state index in [4.69, 9.17) is 0 Å². The molecule has 98 valence electrons. The number of thiophene rings is 1. The first kappa shape index (κ1) is 12.2. The third kappa shape index (κ3) is 2.59. The molecule has 2 aliphatic carbocycles. The molecule has 2 saturated carbocycles. The van der Waals surface area contributed by atoms with Gasteiger partial charge in [0.05, 0.1) is 5.69 Å². The molecule has 1 aromatic rings. The number of carbonyl (C=O) groups excluding carboxylic acids is 1. The van der Waals surface area contributed by atoms with Gasteiger partial charge in [-0.2, -0.15) is 0 Å². The first-order valence-electron chi connectivity index (χ1n) is 6.74. The van der Waals surface area contributed by atoms with Crippen molar-refractivity contribution in [2.45, 2.75) is 39.2 Å². The Balaban J connectivity index is 1.50. The average molecular weight is 264 g/mol. The fourth-order valence-corrected chi connectivity index (χ4v) is 3.59. The molecule has 0 aliphatic heterocycles. The predicted molar refractivity (Wildman–Crippen MR) is 74.7 cm³/mol. The molecular formula is C14H20N2OS. The lowest BCUT2D eigenvalue weighted by Gasteiger charge is -2.15. The van der Waals surface area contributed by atoms with Gasteiger partial charge in [0.25, 0.3) is 0 Å². The van der Waals surface area contributed by atoms with E-state index in [0.717, 1.165) is 24.7 Å². The minimum atomic E-state index is 0.00583. The molecule has 0 atom stereocenters. The topological polar surface area (TPSA) is 41.1 Å². The van der Waals surface area contributed by atoms with Gasteiger partial charge >= 0.3 is 0 Å². The molecule has 2 N–H and O–H groups in total. The van der Waals surface area contributed by atoms with Crippen molar-refractivity contribution < 1.29 is 4.79 Å². The second-order valence-corrected chi connectivity index (χ2v) is 6.68. The summed E-state index contributed by atoms with van der Waals surface area (Å²) in [5.41, 5.74) is 1.61. The molecule has 4 heteroatoms. The predicted octanol–water partition coefficient (Wildman–Crippen LogP) is 2.99. The summed E-state index contributed by atoms with van der Waals surface area (Å²) < 4.78 is 0. The Bertz CT molecular complexity index is 446. The first-order valence-corrected chi connectivity index (χ1v) is 7.62. The quantitative estimate of drug-likeness (QED) is 0.829. The van der Waals surface area contributed by atoms with E-state index in [-0.39, 0.29) is 5.91 Å². The van der Waals surface area contributed by atoms with E-state index in [1.54, 1.807) is 18.3 Å². The third-order valence-corrected chi connectivity index (χ3v) is 5.08. The fraction of sp³-hybridized carbons (Fsp3) is 0.643. The van der Waals surface area contributed by atoms with E-state index >= 15 is 0 Å². The van der Waals surface area contributed by atoms with Gasteiger partial charge in [-0.1, -0.05) is 0 Å². The molecule has 2 fully saturated rings. The molecular weight excluding hydrogens is 244 g/mol. The van der Waals surface area contributed by atoms with Crippen molar-refractivity contribution in [2.75, 3.05) is 11.9 Å². The molecule has 0 saturated heterocycles. The highest BCUT2D eigenvalue weighted by Gasteiger charge is 2.53. The van der Waals surface area contributed by atoms with Crippen molar-refractivity contribution in [1.29, 1.82) is 0 Å². The van der Waals surface area contributed by atoms with Crippen LogP contribution in [-0.4, -0.2) is 12.5 Å². The Hall–Kier alpha value is -0.870. The Morgan fingerprint density at radius 2 is 2.28 bits per heavy atom. The van der Waals surface area contributed by atoms with E-state index in [2.05, 4.69) is 10.6 Å². The SMILES string of the molecule is CC(=O)Nc1ccsc1CNCC1(C2CC2)CC1. The van der Waals surface area contributed by atoms with Crippen LogP contribution in [0.1, 0.15) is 37.5 Å². The zero-order valence-corrected chi connectivity index (χ0v) is 11.6. The van der Waals surface area contributed by atoms with E-state index in [1.165, 1.54) is 30.6 Å². The molecule has 0 spiro atoms. The summed E-state index contributed by atoms with van der Waals surface area (Å²) in [5, 5.41) is 8.51. The zero-order chi connectivity index (χ0) is 12.6. The molecule has 1 heterocycles. The number of hydrogen-bond donors (Lipinski definition) is 2. The van der Waals surface area contributed by atoms with Crippen molar-refractivity contribution in [3.05, 3.63) is 16.3 Å². The van der Waals surface area contributed by atoms with Crippen molar-refractivity contribution in [2.24, 2.45) is 11.3 Å². The van der Waals surface area contributed by atoms with Crippen LogP contribution in [0.15, 0.2) is 11.4 Å². The van der Waals surface area contributed by atoms with Crippen molar-refractivity contribution in [3.63, 3.8) is 0 Å². The number of amides is 1. The van der Waals surface area contributed by atoms with Gasteiger partial charge < -0.3 is 10.6 Å². The van der Waals surface area contributed by atoms with Crippen molar-refractivity contribution in [3.8, 4) is 0 Å². The Morgan fingerprint density at radius 1 is 1.50 bits per heavy atom. The molecule has 0 aromatic carbocycles. The highest BCUT2D eigenvalue weighted by molar-refractivity contribution is 7.10. The van der Waals surface area contributed by atoms with Crippen LogP contribution in [-0.2, 0) is 11.3 Å². The van der Waals surface area contributed by atoms with Crippen LogP contribution < -0.4 is 10.6 Å². The van der Waals surface area contributed by atoms with E-state index < -0.39 is 0 Å². The third-order valence-electron chi connectivity index (χ3n) is 4.15. The molecule has 1 amide bonds. The average Bonchev–Trinajstić information content (AvgIpc) is 3.20. The molecule has 3 rings (SSSR count). The van der Waals surface area contributed by atoms with Gasteiger partial charge in [-0.25, -0.2) is 0 Å². The van der Waals surface area contributed by atoms with Gasteiger partial charge in [-0.05, 0) is 48.5 Å². The number of anilines is 1. The van der Waals surface area contributed by atoms with Crippen LogP contribution in [0, 0.1) is 11.3 Å². The van der Waals surface area contributed by atoms with Crippen LogP contribution in [0.5, 0.6) is 0 Å². The number of nitrogens with one attached hydrogen (secondary N) is 2.